The SMILES string of the molecule is CC1(O)CCCN(C#CC#CN2CCCC(C)(O)C2(C)C)C1(C)C. The number of hydrogen-bond acceptors (Lipinski definition) is 4. The van der Waals surface area contributed by atoms with Crippen LogP contribution in [0, 0.1) is 23.9 Å². The van der Waals surface area contributed by atoms with Crippen LogP contribution in [0.1, 0.15) is 67.2 Å². The minimum Gasteiger partial charge on any atom is -0.388 e. The minimum atomic E-state index is -0.749. The van der Waals surface area contributed by atoms with Gasteiger partial charge in [-0.1, -0.05) is 0 Å². The van der Waals surface area contributed by atoms with Crippen molar-refractivity contribution in [3.63, 3.8) is 0 Å². The molecule has 24 heavy (non-hydrogen) atoms. The Labute approximate surface area is 147 Å². The van der Waals surface area contributed by atoms with Crippen LogP contribution in [0.5, 0.6) is 0 Å². The molecule has 2 unspecified atom stereocenters. The highest BCUT2D eigenvalue weighted by Crippen LogP contribution is 2.36. The van der Waals surface area contributed by atoms with Crippen LogP contribution < -0.4 is 0 Å². The Hall–Kier alpha value is -1.36. The summed E-state index contributed by atoms with van der Waals surface area (Å²) in [7, 11) is 0. The molecule has 4 nitrogen and oxygen atoms in total. The number of piperidine rings is 2. The highest BCUT2D eigenvalue weighted by Gasteiger charge is 2.46. The fourth-order valence-corrected chi connectivity index (χ4v) is 3.50. The van der Waals surface area contributed by atoms with Crippen LogP contribution >= 0.6 is 0 Å². The van der Waals surface area contributed by atoms with E-state index >= 15 is 0 Å². The van der Waals surface area contributed by atoms with Crippen molar-refractivity contribution in [1.82, 2.24) is 9.80 Å². The van der Waals surface area contributed by atoms with Crippen molar-refractivity contribution in [2.24, 2.45) is 0 Å². The smallest absolute Gasteiger partial charge is 0.0852 e. The summed E-state index contributed by atoms with van der Waals surface area (Å²) >= 11 is 0. The van der Waals surface area contributed by atoms with Gasteiger partial charge in [0.1, 0.15) is 0 Å². The van der Waals surface area contributed by atoms with Gasteiger partial charge in [0.05, 0.1) is 22.3 Å². The lowest BCUT2D eigenvalue weighted by Gasteiger charge is -2.50. The maximum atomic E-state index is 10.6. The van der Waals surface area contributed by atoms with Crippen LogP contribution in [0.3, 0.4) is 0 Å². The van der Waals surface area contributed by atoms with Gasteiger partial charge in [-0.3, -0.25) is 0 Å². The quantitative estimate of drug-likeness (QED) is 0.668. The van der Waals surface area contributed by atoms with E-state index in [1.54, 1.807) is 0 Å². The van der Waals surface area contributed by atoms with Crippen molar-refractivity contribution in [3.05, 3.63) is 0 Å². The number of likely N-dealkylation sites (tertiary alicyclic amines) is 2. The third kappa shape index (κ3) is 3.23. The van der Waals surface area contributed by atoms with E-state index in [4.69, 9.17) is 0 Å². The Morgan fingerprint density at radius 2 is 1.00 bits per heavy atom. The first-order valence-electron chi connectivity index (χ1n) is 8.93. The van der Waals surface area contributed by atoms with Gasteiger partial charge in [0.25, 0.3) is 0 Å². The van der Waals surface area contributed by atoms with Gasteiger partial charge < -0.3 is 20.0 Å². The van der Waals surface area contributed by atoms with Crippen molar-refractivity contribution < 1.29 is 10.2 Å². The lowest BCUT2D eigenvalue weighted by atomic mass is 9.76. The van der Waals surface area contributed by atoms with E-state index in [9.17, 15) is 10.2 Å². The molecule has 2 aliphatic rings. The van der Waals surface area contributed by atoms with Gasteiger partial charge in [-0.15, -0.1) is 0 Å². The second-order valence-corrected chi connectivity index (χ2v) is 8.65. The number of rotatable bonds is 0. The van der Waals surface area contributed by atoms with Crippen molar-refractivity contribution in [1.29, 1.82) is 0 Å². The molecule has 0 radical (unpaired) electrons. The molecule has 4 heteroatoms. The molecule has 2 aliphatic heterocycles. The zero-order chi connectivity index (χ0) is 18.2. The average molecular weight is 332 g/mol. The molecule has 0 bridgehead atoms. The summed E-state index contributed by atoms with van der Waals surface area (Å²) in [6.07, 6.45) is 3.45. The largest absolute Gasteiger partial charge is 0.388 e. The lowest BCUT2D eigenvalue weighted by Crippen LogP contribution is -2.61. The molecule has 2 N–H and O–H groups in total. The van der Waals surface area contributed by atoms with E-state index in [1.165, 1.54) is 0 Å². The molecule has 0 aromatic rings. The summed E-state index contributed by atoms with van der Waals surface area (Å²) in [4.78, 5) is 4.01. The van der Waals surface area contributed by atoms with Crippen LogP contribution in [-0.2, 0) is 0 Å². The van der Waals surface area contributed by atoms with Gasteiger partial charge in [0.2, 0.25) is 0 Å². The maximum absolute atomic E-state index is 10.6. The fraction of sp³-hybridized carbons (Fsp3) is 0.800. The Balaban J connectivity index is 2.13. The van der Waals surface area contributed by atoms with Crippen LogP contribution in [-0.4, -0.2) is 55.4 Å². The second kappa shape index (κ2) is 6.17. The number of nitrogens with zero attached hydrogens (tertiary/aromatic N) is 2. The van der Waals surface area contributed by atoms with E-state index in [1.807, 2.05) is 51.3 Å². The molecule has 0 aliphatic carbocycles. The van der Waals surface area contributed by atoms with E-state index in [-0.39, 0.29) is 0 Å². The summed E-state index contributed by atoms with van der Waals surface area (Å²) in [5.41, 5.74) is -2.29. The molecular weight excluding hydrogens is 300 g/mol. The van der Waals surface area contributed by atoms with Crippen LogP contribution in [0.25, 0.3) is 0 Å². The van der Waals surface area contributed by atoms with Gasteiger partial charge in [0, 0.05) is 37.0 Å². The molecule has 2 fully saturated rings. The third-order valence-corrected chi connectivity index (χ3v) is 6.52. The zero-order valence-corrected chi connectivity index (χ0v) is 16.0. The average Bonchev–Trinajstić information content (AvgIpc) is 2.44. The van der Waals surface area contributed by atoms with E-state index in [2.05, 4.69) is 23.9 Å². The van der Waals surface area contributed by atoms with Gasteiger partial charge in [-0.05, 0) is 67.2 Å². The molecule has 0 aromatic carbocycles. The first-order chi connectivity index (χ1) is 10.9. The Morgan fingerprint density at radius 1 is 0.667 bits per heavy atom. The Bertz CT molecular complexity index is 543. The first-order valence-corrected chi connectivity index (χ1v) is 8.93. The summed E-state index contributed by atoms with van der Waals surface area (Å²) in [5.74, 6) is 5.88. The minimum absolute atomic E-state index is 0.395. The molecule has 0 spiro atoms. The van der Waals surface area contributed by atoms with E-state index in [0.717, 1.165) is 38.8 Å². The van der Waals surface area contributed by atoms with E-state index in [0.29, 0.717) is 0 Å². The highest BCUT2D eigenvalue weighted by atomic mass is 16.3. The summed E-state index contributed by atoms with van der Waals surface area (Å²) in [6.45, 7) is 13.6. The number of aliphatic hydroxyl groups is 2. The topological polar surface area (TPSA) is 46.9 Å². The van der Waals surface area contributed by atoms with Crippen molar-refractivity contribution in [3.8, 4) is 23.9 Å². The van der Waals surface area contributed by atoms with Crippen LogP contribution in [0.4, 0.5) is 0 Å². The summed E-state index contributed by atoms with van der Waals surface area (Å²) in [5, 5.41) is 21.2. The van der Waals surface area contributed by atoms with Gasteiger partial charge in [-0.25, -0.2) is 0 Å². The molecule has 134 valence electrons. The standard InChI is InChI=1S/C20H32N2O2/c1-17(2)19(5,23)11-9-15-21(17)13-7-8-14-22-16-10-12-20(6,24)18(22,3)4/h23-24H,9-12,15-16H2,1-6H3. The van der Waals surface area contributed by atoms with E-state index < -0.39 is 22.3 Å². The monoisotopic (exact) mass is 332 g/mol. The van der Waals surface area contributed by atoms with Crippen molar-refractivity contribution >= 4 is 0 Å². The molecule has 0 saturated carbocycles. The van der Waals surface area contributed by atoms with Crippen molar-refractivity contribution in [2.75, 3.05) is 13.1 Å². The second-order valence-electron chi connectivity index (χ2n) is 8.65. The predicted molar refractivity (Wildman–Crippen MR) is 96.8 cm³/mol. The normalized spacial score (nSPS) is 34.7. The molecule has 0 amide bonds. The first kappa shape index (κ1) is 19.0. The lowest BCUT2D eigenvalue weighted by molar-refractivity contribution is -0.0945. The van der Waals surface area contributed by atoms with Crippen LogP contribution in [0.2, 0.25) is 0 Å². The Morgan fingerprint density at radius 3 is 1.33 bits per heavy atom. The molecule has 2 rings (SSSR count). The zero-order valence-electron chi connectivity index (χ0n) is 16.0. The third-order valence-electron chi connectivity index (χ3n) is 6.52. The summed E-state index contributed by atoms with van der Waals surface area (Å²) < 4.78 is 0. The van der Waals surface area contributed by atoms with Gasteiger partial charge in [0.15, 0.2) is 0 Å². The molecule has 2 saturated heterocycles. The number of hydrogen-bond donors (Lipinski definition) is 2. The molecular formula is C20H32N2O2. The molecule has 2 atom stereocenters. The van der Waals surface area contributed by atoms with Crippen LogP contribution in [0.15, 0.2) is 0 Å². The predicted octanol–water partition coefficient (Wildman–Crippen LogP) is 2.16. The van der Waals surface area contributed by atoms with Gasteiger partial charge >= 0.3 is 0 Å². The highest BCUT2D eigenvalue weighted by molar-refractivity contribution is 5.28. The fourth-order valence-electron chi connectivity index (χ4n) is 3.50. The molecule has 2 heterocycles. The molecule has 0 aromatic heterocycles. The Kier molecular flexibility index (Phi) is 4.88. The summed E-state index contributed by atoms with van der Waals surface area (Å²) in [6, 6.07) is 6.23. The van der Waals surface area contributed by atoms with Crippen molar-refractivity contribution in [2.45, 2.75) is 89.5 Å². The van der Waals surface area contributed by atoms with Gasteiger partial charge in [-0.2, -0.15) is 0 Å². The maximum Gasteiger partial charge on any atom is 0.0852 e.